The fourth-order valence-corrected chi connectivity index (χ4v) is 1.08. The van der Waals surface area contributed by atoms with E-state index in [1.54, 1.807) is 0 Å². The molecule has 0 aliphatic heterocycles. The second-order valence-electron chi connectivity index (χ2n) is 5.05. The largest absolute Gasteiger partial charge is 0.396 e. The third-order valence-corrected chi connectivity index (χ3v) is 2.07. The van der Waals surface area contributed by atoms with Crippen molar-refractivity contribution in [1.29, 1.82) is 0 Å². The minimum absolute atomic E-state index is 0.248. The van der Waals surface area contributed by atoms with E-state index in [2.05, 4.69) is 5.16 Å². The first-order chi connectivity index (χ1) is 7.99. The molecule has 0 radical (unpaired) electrons. The molecular weight excluding hydrogens is 218 g/mol. The Labute approximate surface area is 105 Å². The third-order valence-electron chi connectivity index (χ3n) is 2.07. The lowest BCUT2D eigenvalue weighted by atomic mass is 10.2. The van der Waals surface area contributed by atoms with Crippen molar-refractivity contribution in [2.75, 3.05) is 19.8 Å². The van der Waals surface area contributed by atoms with Crippen LogP contribution in [0.3, 0.4) is 0 Å². The molecule has 0 aromatic heterocycles. The Kier molecular flexibility index (Phi) is 9.09. The number of oxime groups is 1. The van der Waals surface area contributed by atoms with Gasteiger partial charge in [0.05, 0.1) is 12.3 Å². The van der Waals surface area contributed by atoms with Crippen molar-refractivity contribution in [2.45, 2.75) is 59.0 Å². The zero-order valence-corrected chi connectivity index (χ0v) is 11.7. The summed E-state index contributed by atoms with van der Waals surface area (Å²) in [5.74, 6) is 0. The minimum atomic E-state index is -0.248. The van der Waals surface area contributed by atoms with Crippen LogP contribution in [0.15, 0.2) is 5.16 Å². The second-order valence-corrected chi connectivity index (χ2v) is 5.05. The molecule has 1 N–H and O–H groups in total. The Morgan fingerprint density at radius 3 is 2.41 bits per heavy atom. The molecule has 4 heteroatoms. The van der Waals surface area contributed by atoms with Gasteiger partial charge in [-0.1, -0.05) is 12.1 Å². The number of ether oxygens (including phenoxy) is 1. The summed E-state index contributed by atoms with van der Waals surface area (Å²) in [6.07, 6.45) is 3.68. The van der Waals surface area contributed by atoms with Gasteiger partial charge in [-0.25, -0.2) is 0 Å². The zero-order chi connectivity index (χ0) is 13.1. The van der Waals surface area contributed by atoms with Crippen LogP contribution in [-0.2, 0) is 9.57 Å². The van der Waals surface area contributed by atoms with Gasteiger partial charge in [0, 0.05) is 13.2 Å². The molecule has 0 saturated carbocycles. The third kappa shape index (κ3) is 11.6. The van der Waals surface area contributed by atoms with Gasteiger partial charge in [0.1, 0.15) is 5.60 Å². The number of aliphatic hydroxyl groups excluding tert-OH is 1. The fourth-order valence-electron chi connectivity index (χ4n) is 1.08. The summed E-state index contributed by atoms with van der Waals surface area (Å²) in [4.78, 5) is 5.35. The number of rotatable bonds is 9. The van der Waals surface area contributed by atoms with Crippen LogP contribution < -0.4 is 0 Å². The van der Waals surface area contributed by atoms with Gasteiger partial charge in [0.15, 0.2) is 0 Å². The Balaban J connectivity index is 3.68. The lowest BCUT2D eigenvalue weighted by molar-refractivity contribution is -0.000917. The van der Waals surface area contributed by atoms with Gasteiger partial charge in [-0.05, 0) is 46.5 Å². The highest BCUT2D eigenvalue weighted by Gasteiger charge is 2.10. The van der Waals surface area contributed by atoms with E-state index in [1.165, 1.54) is 0 Å². The van der Waals surface area contributed by atoms with Crippen LogP contribution in [0.25, 0.3) is 0 Å². The smallest absolute Gasteiger partial charge is 0.129 e. The van der Waals surface area contributed by atoms with Crippen molar-refractivity contribution < 1.29 is 14.7 Å². The van der Waals surface area contributed by atoms with Crippen LogP contribution in [-0.4, -0.2) is 36.2 Å². The summed E-state index contributed by atoms with van der Waals surface area (Å²) in [5, 5.41) is 12.7. The highest BCUT2D eigenvalue weighted by Crippen LogP contribution is 2.07. The lowest BCUT2D eigenvalue weighted by Gasteiger charge is -2.16. The quantitative estimate of drug-likeness (QED) is 0.386. The maximum absolute atomic E-state index is 8.62. The van der Waals surface area contributed by atoms with Crippen molar-refractivity contribution in [3.05, 3.63) is 0 Å². The topological polar surface area (TPSA) is 51.0 Å². The molecule has 4 nitrogen and oxygen atoms in total. The Hall–Kier alpha value is -0.610. The van der Waals surface area contributed by atoms with E-state index in [9.17, 15) is 0 Å². The van der Waals surface area contributed by atoms with E-state index >= 15 is 0 Å². The van der Waals surface area contributed by atoms with Crippen LogP contribution in [0.4, 0.5) is 0 Å². The van der Waals surface area contributed by atoms with Gasteiger partial charge in [-0.3, -0.25) is 0 Å². The fraction of sp³-hybridized carbons (Fsp3) is 0.923. The van der Waals surface area contributed by atoms with E-state index in [1.807, 2.05) is 27.7 Å². The van der Waals surface area contributed by atoms with E-state index in [-0.39, 0.29) is 12.2 Å². The molecule has 0 saturated heterocycles. The van der Waals surface area contributed by atoms with Crippen LogP contribution >= 0.6 is 0 Å². The second kappa shape index (κ2) is 9.42. The van der Waals surface area contributed by atoms with Crippen molar-refractivity contribution in [3.63, 3.8) is 0 Å². The number of hydrogen-bond donors (Lipinski definition) is 1. The van der Waals surface area contributed by atoms with E-state index in [4.69, 9.17) is 14.7 Å². The van der Waals surface area contributed by atoms with Crippen molar-refractivity contribution in [1.82, 2.24) is 0 Å². The molecule has 0 aliphatic carbocycles. The number of unbranched alkanes of at least 4 members (excludes halogenated alkanes) is 2. The van der Waals surface area contributed by atoms with Crippen molar-refractivity contribution in [2.24, 2.45) is 5.16 Å². The number of aliphatic hydroxyl groups is 1. The first-order valence-corrected chi connectivity index (χ1v) is 6.42. The number of nitrogens with zero attached hydrogens (tertiary/aromatic N) is 1. The maximum Gasteiger partial charge on any atom is 0.129 e. The predicted molar refractivity (Wildman–Crippen MR) is 70.3 cm³/mol. The normalized spacial score (nSPS) is 12.9. The standard InChI is InChI=1S/C13H27NO3/c1-5-12(14-17-13(2,3)4)11-16-10-8-6-7-9-15/h15H,5-11H2,1-4H3. The number of hydrogen-bond acceptors (Lipinski definition) is 4. The molecule has 0 amide bonds. The van der Waals surface area contributed by atoms with Crippen LogP contribution in [0, 0.1) is 0 Å². The van der Waals surface area contributed by atoms with Crippen LogP contribution in [0.5, 0.6) is 0 Å². The Morgan fingerprint density at radius 1 is 1.18 bits per heavy atom. The summed E-state index contributed by atoms with van der Waals surface area (Å²) in [5.41, 5.74) is 0.684. The molecule has 0 fully saturated rings. The van der Waals surface area contributed by atoms with Crippen LogP contribution in [0.2, 0.25) is 0 Å². The highest BCUT2D eigenvalue weighted by molar-refractivity contribution is 5.84. The molecule has 0 bridgehead atoms. The molecular formula is C13H27NO3. The van der Waals surface area contributed by atoms with Gasteiger partial charge in [-0.2, -0.15) is 0 Å². The molecule has 0 unspecified atom stereocenters. The molecule has 0 atom stereocenters. The lowest BCUT2D eigenvalue weighted by Crippen LogP contribution is -2.18. The van der Waals surface area contributed by atoms with Gasteiger partial charge >= 0.3 is 0 Å². The first-order valence-electron chi connectivity index (χ1n) is 6.42. The van der Waals surface area contributed by atoms with Crippen molar-refractivity contribution >= 4 is 5.71 Å². The molecule has 0 aromatic carbocycles. The summed E-state index contributed by atoms with van der Waals surface area (Å²) in [6.45, 7) is 9.47. The SMILES string of the molecule is CCC(COCCCCCO)=NOC(C)(C)C. The molecule has 0 aromatic rings. The molecule has 0 rings (SSSR count). The van der Waals surface area contributed by atoms with E-state index in [0.29, 0.717) is 13.2 Å². The molecule has 17 heavy (non-hydrogen) atoms. The molecule has 0 heterocycles. The predicted octanol–water partition coefficient (Wildman–Crippen LogP) is 2.75. The average molecular weight is 245 g/mol. The summed E-state index contributed by atoms with van der Waals surface area (Å²) in [7, 11) is 0. The van der Waals surface area contributed by atoms with Gasteiger partial charge < -0.3 is 14.7 Å². The summed E-state index contributed by atoms with van der Waals surface area (Å²) in [6, 6.07) is 0. The van der Waals surface area contributed by atoms with E-state index in [0.717, 1.165) is 31.4 Å². The summed E-state index contributed by atoms with van der Waals surface area (Å²) < 4.78 is 5.51. The monoisotopic (exact) mass is 245 g/mol. The molecule has 102 valence electrons. The Morgan fingerprint density at radius 2 is 1.88 bits per heavy atom. The maximum atomic E-state index is 8.62. The van der Waals surface area contributed by atoms with Gasteiger partial charge in [0.25, 0.3) is 0 Å². The highest BCUT2D eigenvalue weighted by atomic mass is 16.6. The van der Waals surface area contributed by atoms with E-state index < -0.39 is 0 Å². The molecule has 0 aliphatic rings. The summed E-state index contributed by atoms with van der Waals surface area (Å²) >= 11 is 0. The van der Waals surface area contributed by atoms with Crippen LogP contribution in [0.1, 0.15) is 53.4 Å². The van der Waals surface area contributed by atoms with Crippen molar-refractivity contribution in [3.8, 4) is 0 Å². The minimum Gasteiger partial charge on any atom is -0.396 e. The van der Waals surface area contributed by atoms with Gasteiger partial charge in [0.2, 0.25) is 0 Å². The van der Waals surface area contributed by atoms with Gasteiger partial charge in [-0.15, -0.1) is 0 Å². The first kappa shape index (κ1) is 16.4. The average Bonchev–Trinajstić information content (AvgIpc) is 2.26. The zero-order valence-electron chi connectivity index (χ0n) is 11.7. The Bertz CT molecular complexity index is 209. The molecule has 0 spiro atoms.